The van der Waals surface area contributed by atoms with Crippen molar-refractivity contribution in [2.75, 3.05) is 20.1 Å². The zero-order valence-corrected chi connectivity index (χ0v) is 16.8. The maximum Gasteiger partial charge on any atom is 0.191 e. The highest BCUT2D eigenvalue weighted by Gasteiger charge is 2.22. The first kappa shape index (κ1) is 18.7. The van der Waals surface area contributed by atoms with E-state index in [0.717, 1.165) is 48.3 Å². The minimum atomic E-state index is 0.110. The molecule has 5 nitrogen and oxygen atoms in total. The van der Waals surface area contributed by atoms with E-state index >= 15 is 0 Å². The maximum atomic E-state index is 5.96. The number of benzene rings is 1. The molecule has 1 aromatic heterocycles. The molecule has 3 rings (SSSR count). The molecule has 0 saturated heterocycles. The smallest absolute Gasteiger partial charge is 0.191 e. The van der Waals surface area contributed by atoms with Gasteiger partial charge in [0, 0.05) is 37.2 Å². The molecule has 1 atom stereocenters. The van der Waals surface area contributed by atoms with E-state index in [1.807, 2.05) is 12.1 Å². The molecule has 2 heterocycles. The van der Waals surface area contributed by atoms with Crippen molar-refractivity contribution in [2.24, 2.45) is 4.99 Å². The Hall–Kier alpha value is -2.08. The summed E-state index contributed by atoms with van der Waals surface area (Å²) in [7, 11) is 1.79. The molecule has 140 valence electrons. The van der Waals surface area contributed by atoms with Crippen LogP contribution in [0.1, 0.15) is 37.0 Å². The molecule has 6 heteroatoms. The van der Waals surface area contributed by atoms with Gasteiger partial charge in [-0.3, -0.25) is 4.99 Å². The van der Waals surface area contributed by atoms with Gasteiger partial charge in [0.1, 0.15) is 11.9 Å². The fourth-order valence-electron chi connectivity index (χ4n) is 2.86. The van der Waals surface area contributed by atoms with E-state index in [9.17, 15) is 0 Å². The number of thiazole rings is 1. The molecule has 1 aliphatic rings. The van der Waals surface area contributed by atoms with Gasteiger partial charge in [0.2, 0.25) is 0 Å². The molecule has 0 bridgehead atoms. The Morgan fingerprint density at radius 3 is 2.81 bits per heavy atom. The number of hydrogen-bond donors (Lipinski definition) is 2. The maximum absolute atomic E-state index is 5.96. The zero-order chi connectivity index (χ0) is 18.6. The highest BCUT2D eigenvalue weighted by Crippen LogP contribution is 2.27. The third-order valence-corrected chi connectivity index (χ3v) is 5.29. The van der Waals surface area contributed by atoms with Crippen LogP contribution >= 0.6 is 11.3 Å². The Morgan fingerprint density at radius 1 is 1.31 bits per heavy atom. The summed E-state index contributed by atoms with van der Waals surface area (Å²) in [5.74, 6) is 1.80. The van der Waals surface area contributed by atoms with Gasteiger partial charge >= 0.3 is 0 Å². The highest BCUT2D eigenvalue weighted by molar-refractivity contribution is 7.09. The van der Waals surface area contributed by atoms with Crippen LogP contribution in [-0.2, 0) is 18.3 Å². The van der Waals surface area contributed by atoms with Crippen LogP contribution in [0.15, 0.2) is 34.6 Å². The zero-order valence-electron chi connectivity index (χ0n) is 16.0. The lowest BCUT2D eigenvalue weighted by Crippen LogP contribution is -2.42. The van der Waals surface area contributed by atoms with E-state index in [0.29, 0.717) is 0 Å². The van der Waals surface area contributed by atoms with E-state index in [2.05, 4.69) is 53.9 Å². The van der Waals surface area contributed by atoms with Crippen LogP contribution in [0.5, 0.6) is 5.75 Å². The van der Waals surface area contributed by atoms with E-state index in [4.69, 9.17) is 9.72 Å². The molecule has 2 aromatic rings. The van der Waals surface area contributed by atoms with Crippen LogP contribution in [0, 0.1) is 0 Å². The van der Waals surface area contributed by atoms with Crippen molar-refractivity contribution in [2.45, 2.75) is 45.1 Å². The lowest BCUT2D eigenvalue weighted by Gasteiger charge is -2.15. The second kappa shape index (κ2) is 8.08. The van der Waals surface area contributed by atoms with Crippen molar-refractivity contribution >= 4 is 17.3 Å². The summed E-state index contributed by atoms with van der Waals surface area (Å²) in [5.41, 5.74) is 2.55. The monoisotopic (exact) mass is 372 g/mol. The number of guanidine groups is 1. The van der Waals surface area contributed by atoms with Crippen molar-refractivity contribution in [3.8, 4) is 5.75 Å². The van der Waals surface area contributed by atoms with E-state index < -0.39 is 0 Å². The van der Waals surface area contributed by atoms with Gasteiger partial charge in [0.25, 0.3) is 0 Å². The summed E-state index contributed by atoms with van der Waals surface area (Å²) in [4.78, 5) is 9.03. The third-order valence-electron chi connectivity index (χ3n) is 4.39. The number of rotatable bonds is 5. The number of ether oxygens (including phenoxy) is 1. The van der Waals surface area contributed by atoms with Gasteiger partial charge in [0.05, 0.1) is 17.2 Å². The minimum Gasteiger partial charge on any atom is -0.488 e. The number of nitrogens with zero attached hydrogens (tertiary/aromatic N) is 2. The fraction of sp³-hybridized carbons (Fsp3) is 0.500. The molecule has 0 radical (unpaired) electrons. The van der Waals surface area contributed by atoms with Crippen LogP contribution in [0.2, 0.25) is 0 Å². The van der Waals surface area contributed by atoms with Crippen molar-refractivity contribution in [1.29, 1.82) is 0 Å². The van der Waals surface area contributed by atoms with E-state index in [-0.39, 0.29) is 11.5 Å². The largest absolute Gasteiger partial charge is 0.488 e. The topological polar surface area (TPSA) is 58.5 Å². The van der Waals surface area contributed by atoms with Crippen LogP contribution in [0.25, 0.3) is 0 Å². The van der Waals surface area contributed by atoms with Crippen LogP contribution in [-0.4, -0.2) is 37.2 Å². The van der Waals surface area contributed by atoms with Crippen molar-refractivity contribution in [3.05, 3.63) is 45.9 Å². The van der Waals surface area contributed by atoms with Crippen LogP contribution in [0.3, 0.4) is 0 Å². The predicted octanol–water partition coefficient (Wildman–Crippen LogP) is 3.15. The van der Waals surface area contributed by atoms with Crippen molar-refractivity contribution < 1.29 is 4.74 Å². The number of hydrogen-bond acceptors (Lipinski definition) is 4. The van der Waals surface area contributed by atoms with Crippen LogP contribution < -0.4 is 15.4 Å². The van der Waals surface area contributed by atoms with Gasteiger partial charge in [-0.15, -0.1) is 11.3 Å². The van der Waals surface area contributed by atoms with Gasteiger partial charge in [-0.05, 0) is 11.6 Å². The number of para-hydroxylation sites is 1. The molecule has 2 N–H and O–H groups in total. The molecule has 1 aromatic carbocycles. The summed E-state index contributed by atoms with van der Waals surface area (Å²) in [6, 6.07) is 8.23. The van der Waals surface area contributed by atoms with Gasteiger partial charge in [0.15, 0.2) is 5.96 Å². The average Bonchev–Trinajstić information content (AvgIpc) is 3.24. The number of fused-ring (bicyclic) bond motifs is 1. The Bertz CT molecular complexity index is 738. The number of nitrogens with one attached hydrogen (secondary N) is 2. The highest BCUT2D eigenvalue weighted by atomic mass is 32.1. The van der Waals surface area contributed by atoms with E-state index in [1.54, 1.807) is 18.4 Å². The lowest BCUT2D eigenvalue weighted by atomic mass is 9.93. The molecule has 1 unspecified atom stereocenters. The summed E-state index contributed by atoms with van der Waals surface area (Å²) < 4.78 is 5.96. The van der Waals surface area contributed by atoms with Gasteiger partial charge in [-0.1, -0.05) is 39.0 Å². The Labute approximate surface area is 159 Å². The van der Waals surface area contributed by atoms with Gasteiger partial charge in [-0.25, -0.2) is 4.98 Å². The summed E-state index contributed by atoms with van der Waals surface area (Å²) in [5, 5.41) is 10.0. The molecule has 0 spiro atoms. The SMILES string of the molecule is CN=C(NCCc1nc(C(C)(C)C)cs1)NCC1Cc2ccccc2O1. The second-order valence-corrected chi connectivity index (χ2v) is 8.50. The molecule has 0 saturated carbocycles. The molecule has 26 heavy (non-hydrogen) atoms. The van der Waals surface area contributed by atoms with Crippen molar-refractivity contribution in [3.63, 3.8) is 0 Å². The van der Waals surface area contributed by atoms with Gasteiger partial charge in [-0.2, -0.15) is 0 Å². The molecular weight excluding hydrogens is 344 g/mol. The first-order valence-corrected chi connectivity index (χ1v) is 9.97. The first-order valence-electron chi connectivity index (χ1n) is 9.09. The Kier molecular flexibility index (Phi) is 5.81. The second-order valence-electron chi connectivity index (χ2n) is 7.56. The molecule has 1 aliphatic heterocycles. The predicted molar refractivity (Wildman–Crippen MR) is 108 cm³/mol. The molecule has 0 aliphatic carbocycles. The fourth-order valence-corrected chi connectivity index (χ4v) is 3.88. The summed E-state index contributed by atoms with van der Waals surface area (Å²) in [6.07, 6.45) is 1.99. The number of aromatic nitrogens is 1. The molecular formula is C20H28N4OS. The van der Waals surface area contributed by atoms with E-state index in [1.165, 1.54) is 5.56 Å². The quantitative estimate of drug-likeness (QED) is 0.625. The number of aliphatic imine (C=N–C) groups is 1. The van der Waals surface area contributed by atoms with Crippen LogP contribution in [0.4, 0.5) is 0 Å². The summed E-state index contributed by atoms with van der Waals surface area (Å²) in [6.45, 7) is 8.12. The first-order chi connectivity index (χ1) is 12.5. The summed E-state index contributed by atoms with van der Waals surface area (Å²) >= 11 is 1.73. The normalized spacial score (nSPS) is 16.9. The lowest BCUT2D eigenvalue weighted by molar-refractivity contribution is 0.235. The Morgan fingerprint density at radius 2 is 2.12 bits per heavy atom. The molecule has 0 amide bonds. The average molecular weight is 373 g/mol. The van der Waals surface area contributed by atoms with Gasteiger partial charge < -0.3 is 15.4 Å². The Balaban J connectivity index is 1.41. The minimum absolute atomic E-state index is 0.110. The third kappa shape index (κ3) is 4.75. The molecule has 0 fully saturated rings. The van der Waals surface area contributed by atoms with Crippen molar-refractivity contribution in [1.82, 2.24) is 15.6 Å². The standard InChI is InChI=1S/C20H28N4OS/c1-20(2,3)17-13-26-18(24-17)9-10-22-19(21-4)23-12-15-11-14-7-5-6-8-16(14)25-15/h5-8,13,15H,9-12H2,1-4H3,(H2,21,22,23).